The van der Waals surface area contributed by atoms with Crippen LogP contribution >= 0.6 is 0 Å². The molecule has 1 heterocycles. The lowest BCUT2D eigenvalue weighted by atomic mass is 9.87. The van der Waals surface area contributed by atoms with Crippen molar-refractivity contribution in [2.24, 2.45) is 5.92 Å². The fourth-order valence-electron chi connectivity index (χ4n) is 5.93. The Bertz CT molecular complexity index is 1670. The number of nitrogens with one attached hydrogen (secondary N) is 1. The van der Waals surface area contributed by atoms with E-state index in [1.165, 1.54) is 5.56 Å². The molecule has 1 amide bonds. The van der Waals surface area contributed by atoms with Gasteiger partial charge in [-0.15, -0.1) is 0 Å². The number of aryl methyl sites for hydroxylation is 3. The Hall–Kier alpha value is -3.81. The molecule has 0 radical (unpaired) electrons. The van der Waals surface area contributed by atoms with E-state index in [2.05, 4.69) is 27.9 Å². The molecule has 1 aromatic heterocycles. The molecular weight excluding hydrogens is 530 g/mol. The number of benzene rings is 3. The highest BCUT2D eigenvalue weighted by Gasteiger charge is 2.46. The molecule has 6 rings (SSSR count). The molecule has 1 fully saturated rings. The van der Waals surface area contributed by atoms with Crippen molar-refractivity contribution < 1.29 is 13.2 Å². The number of amides is 1. The monoisotopic (exact) mass is 565 g/mol. The lowest BCUT2D eigenvalue weighted by Crippen LogP contribution is -2.34. The lowest BCUT2D eigenvalue weighted by Gasteiger charge is -2.29. The van der Waals surface area contributed by atoms with Gasteiger partial charge < -0.3 is 4.90 Å². The maximum absolute atomic E-state index is 14.1. The maximum atomic E-state index is 14.1. The first-order valence-corrected chi connectivity index (χ1v) is 15.8. The minimum Gasteiger partial charge on any atom is -0.306 e. The van der Waals surface area contributed by atoms with E-state index in [9.17, 15) is 13.2 Å². The molecule has 7 heteroatoms. The van der Waals surface area contributed by atoms with Gasteiger partial charge in [0.25, 0.3) is 0 Å². The summed E-state index contributed by atoms with van der Waals surface area (Å²) in [4.78, 5) is 20.8. The summed E-state index contributed by atoms with van der Waals surface area (Å²) in [5.74, 6) is 0.201. The van der Waals surface area contributed by atoms with Crippen LogP contribution < -0.4 is 9.62 Å². The lowest BCUT2D eigenvalue weighted by molar-refractivity contribution is -0.120. The van der Waals surface area contributed by atoms with Crippen molar-refractivity contribution >= 4 is 21.6 Å². The largest absolute Gasteiger partial charge is 0.306 e. The standard InChI is InChI=1S/C34H35N3O3S/c1-23-14-18-29(19-15-23)41(39,40)36-33-13-7-11-26-16-17-28(20-31(26)33)37(22-27-12-6-8-24(2)35-27)34(38)32-21-30(32)25-9-4-3-5-10-25/h3-6,8-10,12,14-20,30,32-33,36H,7,11,13,21-22H2,1-2H3/t30-,32-,33+/m0/s1. The summed E-state index contributed by atoms with van der Waals surface area (Å²) in [5, 5.41) is 0. The molecule has 2 aliphatic carbocycles. The predicted octanol–water partition coefficient (Wildman–Crippen LogP) is 6.39. The van der Waals surface area contributed by atoms with E-state index >= 15 is 0 Å². The van der Waals surface area contributed by atoms with Crippen LogP contribution in [0.5, 0.6) is 0 Å². The van der Waals surface area contributed by atoms with Gasteiger partial charge in [0.1, 0.15) is 0 Å². The summed E-state index contributed by atoms with van der Waals surface area (Å²) >= 11 is 0. The van der Waals surface area contributed by atoms with Crippen molar-refractivity contribution in [3.8, 4) is 0 Å². The molecule has 4 aromatic rings. The fraction of sp³-hybridized carbons (Fsp3) is 0.294. The van der Waals surface area contributed by atoms with Crippen molar-refractivity contribution in [3.63, 3.8) is 0 Å². The molecule has 6 nitrogen and oxygen atoms in total. The number of fused-ring (bicyclic) bond motifs is 1. The third kappa shape index (κ3) is 5.97. The second-order valence-electron chi connectivity index (χ2n) is 11.3. The Morgan fingerprint density at radius 3 is 2.49 bits per heavy atom. The number of carbonyl (C=O) groups excluding carboxylic acids is 1. The van der Waals surface area contributed by atoms with Crippen LogP contribution in [-0.2, 0) is 27.8 Å². The Kier molecular flexibility index (Phi) is 7.49. The van der Waals surface area contributed by atoms with E-state index in [0.29, 0.717) is 13.0 Å². The highest BCUT2D eigenvalue weighted by molar-refractivity contribution is 7.89. The first kappa shape index (κ1) is 27.4. The van der Waals surface area contributed by atoms with Crippen molar-refractivity contribution in [3.05, 3.63) is 125 Å². The number of pyridine rings is 1. The van der Waals surface area contributed by atoms with Crippen LogP contribution in [0.4, 0.5) is 5.69 Å². The number of aromatic nitrogens is 1. The third-order valence-corrected chi connectivity index (χ3v) is 9.74. The molecule has 1 N–H and O–H groups in total. The van der Waals surface area contributed by atoms with Gasteiger partial charge in [0.05, 0.1) is 17.1 Å². The molecule has 41 heavy (non-hydrogen) atoms. The van der Waals surface area contributed by atoms with Gasteiger partial charge in [-0.1, -0.05) is 60.2 Å². The zero-order chi connectivity index (χ0) is 28.6. The molecule has 0 bridgehead atoms. The molecule has 0 saturated heterocycles. The molecule has 0 aliphatic heterocycles. The van der Waals surface area contributed by atoms with E-state index in [4.69, 9.17) is 0 Å². The average molecular weight is 566 g/mol. The summed E-state index contributed by atoms with van der Waals surface area (Å²) in [5.41, 5.74) is 6.76. The van der Waals surface area contributed by atoms with Crippen LogP contribution in [0.25, 0.3) is 0 Å². The fourth-order valence-corrected chi connectivity index (χ4v) is 7.18. The zero-order valence-corrected chi connectivity index (χ0v) is 24.3. The summed E-state index contributed by atoms with van der Waals surface area (Å²) in [7, 11) is -3.70. The minimum atomic E-state index is -3.70. The van der Waals surface area contributed by atoms with Crippen molar-refractivity contribution in [2.45, 2.75) is 62.9 Å². The summed E-state index contributed by atoms with van der Waals surface area (Å²) in [6.45, 7) is 4.24. The van der Waals surface area contributed by atoms with E-state index in [1.54, 1.807) is 12.1 Å². The van der Waals surface area contributed by atoms with E-state index in [0.717, 1.165) is 53.0 Å². The van der Waals surface area contributed by atoms with E-state index < -0.39 is 10.0 Å². The van der Waals surface area contributed by atoms with Crippen molar-refractivity contribution in [2.75, 3.05) is 4.90 Å². The van der Waals surface area contributed by atoms with Crippen LogP contribution in [0.1, 0.15) is 64.9 Å². The number of hydrogen-bond donors (Lipinski definition) is 1. The number of anilines is 1. The summed E-state index contributed by atoms with van der Waals surface area (Å²) < 4.78 is 29.6. The first-order valence-electron chi connectivity index (χ1n) is 14.3. The van der Waals surface area contributed by atoms with Gasteiger partial charge in [-0.2, -0.15) is 0 Å². The minimum absolute atomic E-state index is 0.0784. The number of carbonyl (C=O) groups is 1. The highest BCUT2D eigenvalue weighted by atomic mass is 32.2. The Balaban J connectivity index is 1.32. The third-order valence-electron chi connectivity index (χ3n) is 8.25. The molecule has 3 aromatic carbocycles. The first-order chi connectivity index (χ1) is 19.8. The van der Waals surface area contributed by atoms with Crippen LogP contribution in [0.2, 0.25) is 0 Å². The smallest absolute Gasteiger partial charge is 0.241 e. The predicted molar refractivity (Wildman–Crippen MR) is 161 cm³/mol. The van der Waals surface area contributed by atoms with Gasteiger partial charge >= 0.3 is 0 Å². The summed E-state index contributed by atoms with van der Waals surface area (Å²) in [6.07, 6.45) is 3.30. The van der Waals surface area contributed by atoms with Gasteiger partial charge in [-0.05, 0) is 98.5 Å². The topological polar surface area (TPSA) is 79.4 Å². The molecule has 0 spiro atoms. The second kappa shape index (κ2) is 11.2. The van der Waals surface area contributed by atoms with E-state index in [1.807, 2.05) is 79.4 Å². The van der Waals surface area contributed by atoms with Crippen molar-refractivity contribution in [1.29, 1.82) is 0 Å². The van der Waals surface area contributed by atoms with Gasteiger partial charge in [0.2, 0.25) is 15.9 Å². The normalized spacial score (nSPS) is 19.8. The van der Waals surface area contributed by atoms with Crippen LogP contribution in [0.15, 0.2) is 95.9 Å². The van der Waals surface area contributed by atoms with Crippen LogP contribution in [0, 0.1) is 19.8 Å². The quantitative estimate of drug-likeness (QED) is 0.268. The van der Waals surface area contributed by atoms with Crippen LogP contribution in [0.3, 0.4) is 0 Å². The molecule has 1 saturated carbocycles. The molecule has 3 atom stereocenters. The van der Waals surface area contributed by atoms with Crippen LogP contribution in [-0.4, -0.2) is 19.3 Å². The number of sulfonamides is 1. The maximum Gasteiger partial charge on any atom is 0.241 e. The zero-order valence-electron chi connectivity index (χ0n) is 23.5. The number of rotatable bonds is 8. The molecule has 210 valence electrons. The van der Waals surface area contributed by atoms with Gasteiger partial charge in [-0.3, -0.25) is 9.78 Å². The Morgan fingerprint density at radius 1 is 0.951 bits per heavy atom. The highest BCUT2D eigenvalue weighted by Crippen LogP contribution is 2.49. The van der Waals surface area contributed by atoms with E-state index in [-0.39, 0.29) is 28.7 Å². The Morgan fingerprint density at radius 2 is 1.73 bits per heavy atom. The average Bonchev–Trinajstić information content (AvgIpc) is 3.78. The SMILES string of the molecule is Cc1ccc(S(=O)(=O)N[C@@H]2CCCc3ccc(N(Cc4cccc(C)n4)C(=O)[C@H]4C[C@H]4c4ccccc4)cc32)cc1. The molecule has 0 unspecified atom stereocenters. The summed E-state index contributed by atoms with van der Waals surface area (Å²) in [6, 6.07) is 28.7. The molecule has 2 aliphatic rings. The second-order valence-corrected chi connectivity index (χ2v) is 13.0. The molecular formula is C34H35N3O3S. The van der Waals surface area contributed by atoms with Crippen molar-refractivity contribution in [1.82, 2.24) is 9.71 Å². The number of hydrogen-bond acceptors (Lipinski definition) is 4. The Labute approximate surface area is 242 Å². The number of nitrogens with zero attached hydrogens (tertiary/aromatic N) is 2. The van der Waals surface area contributed by atoms with Gasteiger partial charge in [0.15, 0.2) is 0 Å². The van der Waals surface area contributed by atoms with Gasteiger partial charge in [0, 0.05) is 23.3 Å². The van der Waals surface area contributed by atoms with Gasteiger partial charge in [-0.25, -0.2) is 13.1 Å².